The first-order valence-corrected chi connectivity index (χ1v) is 12.4. The van der Waals surface area contributed by atoms with Crippen LogP contribution in [0.5, 0.6) is 0 Å². The lowest BCUT2D eigenvalue weighted by Gasteiger charge is -2.28. The van der Waals surface area contributed by atoms with Gasteiger partial charge in [-0.05, 0) is 44.2 Å². The molecule has 3 rings (SSSR count). The van der Waals surface area contributed by atoms with Crippen molar-refractivity contribution < 1.29 is 18.3 Å². The number of hydrogen-bond donors (Lipinski definition) is 3. The summed E-state index contributed by atoms with van der Waals surface area (Å²) >= 11 is 0. The molecular weight excluding hydrogens is 404 g/mol. The van der Waals surface area contributed by atoms with Crippen molar-refractivity contribution in [2.24, 2.45) is 11.7 Å². The summed E-state index contributed by atoms with van der Waals surface area (Å²) in [6, 6.07) is 3.28. The molecule has 8 nitrogen and oxygen atoms in total. The van der Waals surface area contributed by atoms with Gasteiger partial charge in [-0.25, -0.2) is 13.4 Å². The number of sulfonamides is 1. The number of nitrogens with two attached hydrogens (primary N) is 1. The average molecular weight is 439 g/mol. The number of nitrogens with zero attached hydrogens (tertiary/aromatic N) is 2. The largest absolute Gasteiger partial charge is 0.390 e. The van der Waals surface area contributed by atoms with Gasteiger partial charge in [0.1, 0.15) is 0 Å². The van der Waals surface area contributed by atoms with Crippen LogP contribution in [0.1, 0.15) is 58.3 Å². The van der Waals surface area contributed by atoms with Crippen LogP contribution in [0.25, 0.3) is 0 Å². The van der Waals surface area contributed by atoms with Crippen LogP contribution in [0, 0.1) is 5.92 Å². The van der Waals surface area contributed by atoms with Crippen LogP contribution < -0.4 is 11.1 Å². The summed E-state index contributed by atoms with van der Waals surface area (Å²) in [6.45, 7) is 1.72. The van der Waals surface area contributed by atoms with E-state index in [1.54, 1.807) is 12.1 Å². The molecule has 0 bridgehead atoms. The predicted octanol–water partition coefficient (Wildman–Crippen LogP) is 1.40. The average Bonchev–Trinajstić information content (AvgIpc) is 2.89. The zero-order valence-electron chi connectivity index (χ0n) is 17.6. The van der Waals surface area contributed by atoms with Crippen molar-refractivity contribution in [3.05, 3.63) is 24.4 Å². The maximum absolute atomic E-state index is 13.0. The van der Waals surface area contributed by atoms with Crippen LogP contribution in [0.3, 0.4) is 0 Å². The van der Waals surface area contributed by atoms with Crippen molar-refractivity contribution >= 4 is 15.9 Å². The van der Waals surface area contributed by atoms with Crippen molar-refractivity contribution in [3.63, 3.8) is 0 Å². The Bertz CT molecular complexity index is 798. The molecule has 30 heavy (non-hydrogen) atoms. The predicted molar refractivity (Wildman–Crippen MR) is 114 cm³/mol. The summed E-state index contributed by atoms with van der Waals surface area (Å²) in [5.41, 5.74) is 6.14. The monoisotopic (exact) mass is 438 g/mol. The van der Waals surface area contributed by atoms with E-state index in [1.165, 1.54) is 35.8 Å². The van der Waals surface area contributed by atoms with E-state index in [-0.39, 0.29) is 23.5 Å². The molecule has 0 unspecified atom stereocenters. The highest BCUT2D eigenvalue weighted by Crippen LogP contribution is 2.27. The molecule has 9 heteroatoms. The van der Waals surface area contributed by atoms with Crippen LogP contribution in [0.15, 0.2) is 29.4 Å². The second-order valence-electron chi connectivity index (χ2n) is 8.70. The van der Waals surface area contributed by atoms with E-state index in [0.29, 0.717) is 25.2 Å². The van der Waals surface area contributed by atoms with Gasteiger partial charge in [0, 0.05) is 18.8 Å². The number of carbonyl (C=O) groups is 1. The van der Waals surface area contributed by atoms with Crippen molar-refractivity contribution in [1.29, 1.82) is 0 Å². The Morgan fingerprint density at radius 3 is 2.67 bits per heavy atom. The molecule has 1 saturated heterocycles. The Kier molecular flexibility index (Phi) is 7.84. The molecule has 4 atom stereocenters. The Labute approximate surface area is 179 Å². The van der Waals surface area contributed by atoms with Gasteiger partial charge >= 0.3 is 0 Å². The molecule has 168 valence electrons. The third kappa shape index (κ3) is 5.57. The molecule has 2 aliphatic rings. The number of aliphatic hydroxyl groups is 1. The summed E-state index contributed by atoms with van der Waals surface area (Å²) in [4.78, 5) is 16.6. The van der Waals surface area contributed by atoms with Gasteiger partial charge in [0.25, 0.3) is 10.0 Å². The molecule has 0 spiro atoms. The molecule has 1 aliphatic carbocycles. The van der Waals surface area contributed by atoms with Gasteiger partial charge in [-0.3, -0.25) is 4.79 Å². The highest BCUT2D eigenvalue weighted by atomic mass is 32.2. The van der Waals surface area contributed by atoms with Crippen molar-refractivity contribution in [2.75, 3.05) is 6.54 Å². The molecule has 1 saturated carbocycles. The maximum atomic E-state index is 13.0. The van der Waals surface area contributed by atoms with E-state index in [0.717, 1.165) is 12.8 Å². The molecule has 1 aliphatic heterocycles. The van der Waals surface area contributed by atoms with Gasteiger partial charge in [0.05, 0.1) is 18.2 Å². The fraction of sp³-hybridized carbons (Fsp3) is 0.714. The lowest BCUT2D eigenvalue weighted by molar-refractivity contribution is -0.124. The minimum absolute atomic E-state index is 0.0407. The number of aromatic nitrogens is 1. The van der Waals surface area contributed by atoms with E-state index in [4.69, 9.17) is 5.73 Å². The zero-order chi connectivity index (χ0) is 21.7. The number of β-amino-alcohol motifs (C(OH)–C–C–N with tert-alkyl or cyclic N) is 1. The summed E-state index contributed by atoms with van der Waals surface area (Å²) < 4.78 is 27.3. The lowest BCUT2D eigenvalue weighted by atomic mass is 9.85. The van der Waals surface area contributed by atoms with Gasteiger partial charge in [-0.15, -0.1) is 0 Å². The molecule has 1 aromatic heterocycles. The molecule has 2 heterocycles. The molecule has 0 radical (unpaired) electrons. The van der Waals surface area contributed by atoms with Gasteiger partial charge in [0.2, 0.25) is 5.91 Å². The molecule has 1 aromatic rings. The van der Waals surface area contributed by atoms with Crippen LogP contribution in [-0.2, 0) is 14.8 Å². The Balaban J connectivity index is 1.62. The number of aliphatic hydroxyl groups excluding tert-OH is 1. The number of pyridine rings is 1. The number of amides is 1. The van der Waals surface area contributed by atoms with Gasteiger partial charge in [-0.2, -0.15) is 4.31 Å². The first kappa shape index (κ1) is 23.1. The van der Waals surface area contributed by atoms with E-state index >= 15 is 0 Å². The second kappa shape index (κ2) is 10.2. The first-order valence-electron chi connectivity index (χ1n) is 11.0. The molecule has 4 N–H and O–H groups in total. The second-order valence-corrected chi connectivity index (χ2v) is 10.5. The highest BCUT2D eigenvalue weighted by molar-refractivity contribution is 7.89. The molecule has 1 amide bonds. The third-order valence-electron chi connectivity index (χ3n) is 6.41. The lowest BCUT2D eigenvalue weighted by Crippen LogP contribution is -2.52. The summed E-state index contributed by atoms with van der Waals surface area (Å²) in [5.74, 6) is 0.218. The number of hydrogen-bond acceptors (Lipinski definition) is 6. The normalized spacial score (nSPS) is 27.9. The van der Waals surface area contributed by atoms with Gasteiger partial charge in [0.15, 0.2) is 5.03 Å². The van der Waals surface area contributed by atoms with Crippen LogP contribution in [0.4, 0.5) is 0 Å². The summed E-state index contributed by atoms with van der Waals surface area (Å²) in [5, 5.41) is 13.6. The summed E-state index contributed by atoms with van der Waals surface area (Å²) in [7, 11) is -3.83. The van der Waals surface area contributed by atoms with E-state index in [2.05, 4.69) is 10.3 Å². The van der Waals surface area contributed by atoms with E-state index in [1.807, 2.05) is 6.92 Å². The van der Waals surface area contributed by atoms with E-state index < -0.39 is 28.2 Å². The van der Waals surface area contributed by atoms with E-state index in [9.17, 15) is 18.3 Å². The highest BCUT2D eigenvalue weighted by Gasteiger charge is 2.38. The Hall–Kier alpha value is -1.55. The minimum Gasteiger partial charge on any atom is -0.390 e. The van der Waals surface area contributed by atoms with Crippen LogP contribution in [-0.4, -0.2) is 59.5 Å². The first-order chi connectivity index (χ1) is 14.3. The quantitative estimate of drug-likeness (QED) is 0.616. The number of carbonyl (C=O) groups excluding carboxylic acids is 1. The zero-order valence-corrected chi connectivity index (χ0v) is 18.4. The Morgan fingerprint density at radius 1 is 1.27 bits per heavy atom. The summed E-state index contributed by atoms with van der Waals surface area (Å²) in [6.07, 6.45) is 7.95. The van der Waals surface area contributed by atoms with Crippen molar-refractivity contribution in [1.82, 2.24) is 14.6 Å². The SMILES string of the molecule is C[C@@H]1CC[C@H](NC(=O)[C@@H](N)CC2CCCCC2)[C@@H](O)CN1S(=O)(=O)c1ccccn1. The molecule has 2 fully saturated rings. The maximum Gasteiger partial charge on any atom is 0.260 e. The fourth-order valence-electron chi connectivity index (χ4n) is 4.55. The Morgan fingerprint density at radius 2 is 2.00 bits per heavy atom. The molecular formula is C21H34N4O4S. The fourth-order valence-corrected chi connectivity index (χ4v) is 6.16. The standard InChI is InChI=1S/C21H34N4O4S/c1-15-10-11-18(24-21(27)17(22)13-16-7-3-2-4-8-16)19(26)14-25(15)30(28,29)20-9-5-6-12-23-20/h5-6,9,12,15-19,26H,2-4,7-8,10-11,13-14,22H2,1H3,(H,24,27)/t15-,17+,18+,19+/m1/s1. The van der Waals surface area contributed by atoms with Crippen LogP contribution in [0.2, 0.25) is 0 Å². The molecule has 0 aromatic carbocycles. The number of rotatable bonds is 6. The van der Waals surface area contributed by atoms with Gasteiger partial charge < -0.3 is 16.2 Å². The van der Waals surface area contributed by atoms with Gasteiger partial charge in [-0.1, -0.05) is 38.2 Å². The topological polar surface area (TPSA) is 126 Å². The van der Waals surface area contributed by atoms with Crippen LogP contribution >= 0.6 is 0 Å². The smallest absolute Gasteiger partial charge is 0.260 e. The van der Waals surface area contributed by atoms with Crippen molar-refractivity contribution in [2.45, 2.75) is 87.5 Å². The minimum atomic E-state index is -3.83. The van der Waals surface area contributed by atoms with Crippen molar-refractivity contribution in [3.8, 4) is 0 Å². The number of nitrogens with one attached hydrogen (secondary N) is 1. The third-order valence-corrected chi connectivity index (χ3v) is 8.30.